The van der Waals surface area contributed by atoms with Crippen molar-refractivity contribution in [2.24, 2.45) is 5.73 Å². The van der Waals surface area contributed by atoms with E-state index in [9.17, 15) is 4.79 Å². The smallest absolute Gasteiger partial charge is 0.272 e. The molecule has 0 radical (unpaired) electrons. The van der Waals surface area contributed by atoms with Crippen molar-refractivity contribution in [2.45, 2.75) is 12.5 Å². The monoisotopic (exact) mass is 241 g/mol. The Morgan fingerprint density at radius 2 is 2.00 bits per heavy atom. The van der Waals surface area contributed by atoms with Gasteiger partial charge in [-0.2, -0.15) is 0 Å². The molecule has 1 fully saturated rings. The van der Waals surface area contributed by atoms with E-state index >= 15 is 0 Å². The van der Waals surface area contributed by atoms with Gasteiger partial charge in [0.2, 0.25) is 0 Å². The van der Waals surface area contributed by atoms with Crippen molar-refractivity contribution in [3.8, 4) is 0 Å². The number of carbonyl (C=O) groups excluding carboxylic acids is 1. The molecule has 2 heterocycles. The summed E-state index contributed by atoms with van der Waals surface area (Å²) in [7, 11) is 0. The number of likely N-dealkylation sites (tertiary alicyclic amines) is 1. The molecule has 4 nitrogen and oxygen atoms in total. The number of benzene rings is 1. The van der Waals surface area contributed by atoms with Crippen molar-refractivity contribution >= 4 is 16.8 Å². The lowest BCUT2D eigenvalue weighted by molar-refractivity contribution is 0.0448. The molecule has 92 valence electrons. The third kappa shape index (κ3) is 1.84. The first-order chi connectivity index (χ1) is 8.55. The predicted octanol–water partition coefficient (Wildman–Crippen LogP) is 1.41. The topological polar surface area (TPSA) is 59.2 Å². The molecule has 0 atom stereocenters. The van der Waals surface area contributed by atoms with Crippen LogP contribution in [0.5, 0.6) is 0 Å². The van der Waals surface area contributed by atoms with Gasteiger partial charge in [0.1, 0.15) is 5.69 Å². The van der Waals surface area contributed by atoms with E-state index in [0.717, 1.165) is 10.9 Å². The van der Waals surface area contributed by atoms with Crippen LogP contribution in [0.15, 0.2) is 36.4 Å². The van der Waals surface area contributed by atoms with Gasteiger partial charge in [0.15, 0.2) is 0 Å². The second-order valence-electron chi connectivity index (χ2n) is 5.20. The Labute approximate surface area is 105 Å². The van der Waals surface area contributed by atoms with Gasteiger partial charge in [-0.05, 0) is 19.1 Å². The van der Waals surface area contributed by atoms with Gasteiger partial charge in [0.05, 0.1) is 5.52 Å². The van der Waals surface area contributed by atoms with Crippen LogP contribution in [-0.2, 0) is 0 Å². The van der Waals surface area contributed by atoms with Crippen LogP contribution in [0.25, 0.3) is 10.9 Å². The highest BCUT2D eigenvalue weighted by Crippen LogP contribution is 2.20. The van der Waals surface area contributed by atoms with Crippen LogP contribution < -0.4 is 5.73 Å². The molecule has 1 amide bonds. The summed E-state index contributed by atoms with van der Waals surface area (Å²) in [5.41, 5.74) is 7.00. The van der Waals surface area contributed by atoms with Gasteiger partial charge in [-0.1, -0.05) is 24.3 Å². The summed E-state index contributed by atoms with van der Waals surface area (Å²) in [5, 5.41) is 1.04. The Bertz CT molecular complexity index is 613. The van der Waals surface area contributed by atoms with Gasteiger partial charge in [-0.15, -0.1) is 0 Å². The molecular formula is C14H15N3O. The summed E-state index contributed by atoms with van der Waals surface area (Å²) in [6.45, 7) is 3.14. The zero-order valence-corrected chi connectivity index (χ0v) is 10.3. The average Bonchev–Trinajstić information content (AvgIpc) is 2.34. The molecule has 0 spiro atoms. The number of nitrogens with two attached hydrogens (primary N) is 1. The number of hydrogen-bond acceptors (Lipinski definition) is 3. The number of pyridine rings is 1. The lowest BCUT2D eigenvalue weighted by Crippen LogP contribution is -2.66. The zero-order valence-electron chi connectivity index (χ0n) is 10.3. The van der Waals surface area contributed by atoms with E-state index in [0.29, 0.717) is 18.8 Å². The second kappa shape index (κ2) is 3.78. The summed E-state index contributed by atoms with van der Waals surface area (Å²) in [5.74, 6) is -0.0383. The van der Waals surface area contributed by atoms with Gasteiger partial charge in [0.25, 0.3) is 5.91 Å². The van der Waals surface area contributed by atoms with Crippen LogP contribution in [-0.4, -0.2) is 34.4 Å². The summed E-state index contributed by atoms with van der Waals surface area (Å²) in [6.07, 6.45) is 0. The van der Waals surface area contributed by atoms with Crippen molar-refractivity contribution in [3.63, 3.8) is 0 Å². The van der Waals surface area contributed by atoms with Crippen LogP contribution in [0.4, 0.5) is 0 Å². The average molecular weight is 241 g/mol. The summed E-state index contributed by atoms with van der Waals surface area (Å²) < 4.78 is 0. The first kappa shape index (κ1) is 11.2. The van der Waals surface area contributed by atoms with Gasteiger partial charge >= 0.3 is 0 Å². The van der Waals surface area contributed by atoms with Gasteiger partial charge in [-0.25, -0.2) is 4.98 Å². The molecule has 3 rings (SSSR count). The minimum absolute atomic E-state index is 0.0383. The van der Waals surface area contributed by atoms with E-state index in [1.807, 2.05) is 37.3 Å². The molecule has 2 N–H and O–H groups in total. The van der Waals surface area contributed by atoms with Crippen LogP contribution in [0.3, 0.4) is 0 Å². The first-order valence-corrected chi connectivity index (χ1v) is 5.99. The Balaban J connectivity index is 1.88. The number of rotatable bonds is 1. The number of carbonyl (C=O) groups is 1. The third-order valence-electron chi connectivity index (χ3n) is 3.21. The van der Waals surface area contributed by atoms with Crippen molar-refractivity contribution in [1.82, 2.24) is 9.88 Å². The molecule has 0 aliphatic carbocycles. The fraction of sp³-hybridized carbons (Fsp3) is 0.286. The summed E-state index contributed by atoms with van der Waals surface area (Å²) in [6, 6.07) is 11.5. The maximum Gasteiger partial charge on any atom is 0.272 e. The van der Waals surface area contributed by atoms with E-state index in [1.54, 1.807) is 11.0 Å². The second-order valence-corrected chi connectivity index (χ2v) is 5.20. The molecule has 1 aliphatic heterocycles. The number of fused-ring (bicyclic) bond motifs is 1. The highest BCUT2D eigenvalue weighted by molar-refractivity contribution is 5.95. The SMILES string of the molecule is CC1(N)CN(C(=O)c2ccc3ccccc3n2)C1. The maximum atomic E-state index is 12.2. The predicted molar refractivity (Wildman–Crippen MR) is 70.2 cm³/mol. The van der Waals surface area contributed by atoms with Crippen LogP contribution in [0.1, 0.15) is 17.4 Å². The Hall–Kier alpha value is -1.94. The van der Waals surface area contributed by atoms with E-state index in [-0.39, 0.29) is 11.4 Å². The van der Waals surface area contributed by atoms with Gasteiger partial charge in [-0.3, -0.25) is 4.79 Å². The fourth-order valence-corrected chi connectivity index (χ4v) is 2.32. The minimum Gasteiger partial charge on any atom is -0.334 e. The molecular weight excluding hydrogens is 226 g/mol. The molecule has 4 heteroatoms. The summed E-state index contributed by atoms with van der Waals surface area (Å²) in [4.78, 5) is 18.3. The maximum absolute atomic E-state index is 12.2. The van der Waals surface area contributed by atoms with Crippen LogP contribution >= 0.6 is 0 Å². The third-order valence-corrected chi connectivity index (χ3v) is 3.21. The molecule has 1 aromatic heterocycles. The number of nitrogens with zero attached hydrogens (tertiary/aromatic N) is 2. The number of hydrogen-bond donors (Lipinski definition) is 1. The number of amides is 1. The molecule has 1 saturated heterocycles. The number of para-hydroxylation sites is 1. The lowest BCUT2D eigenvalue weighted by Gasteiger charge is -2.45. The minimum atomic E-state index is -0.244. The van der Waals surface area contributed by atoms with Crippen molar-refractivity contribution in [3.05, 3.63) is 42.1 Å². The Morgan fingerprint density at radius 3 is 2.72 bits per heavy atom. The van der Waals surface area contributed by atoms with Crippen molar-refractivity contribution < 1.29 is 4.79 Å². The number of aromatic nitrogens is 1. The van der Waals surface area contributed by atoms with Crippen LogP contribution in [0.2, 0.25) is 0 Å². The molecule has 0 saturated carbocycles. The Kier molecular flexibility index (Phi) is 2.35. The largest absolute Gasteiger partial charge is 0.334 e. The molecule has 0 unspecified atom stereocenters. The molecule has 1 aromatic carbocycles. The quantitative estimate of drug-likeness (QED) is 0.821. The normalized spacial score (nSPS) is 17.6. The van der Waals surface area contributed by atoms with E-state index in [2.05, 4.69) is 4.98 Å². The van der Waals surface area contributed by atoms with Crippen molar-refractivity contribution in [1.29, 1.82) is 0 Å². The van der Waals surface area contributed by atoms with E-state index in [4.69, 9.17) is 5.73 Å². The molecule has 18 heavy (non-hydrogen) atoms. The van der Waals surface area contributed by atoms with Gasteiger partial charge < -0.3 is 10.6 Å². The summed E-state index contributed by atoms with van der Waals surface area (Å²) >= 11 is 0. The Morgan fingerprint density at radius 1 is 1.28 bits per heavy atom. The van der Waals surface area contributed by atoms with E-state index < -0.39 is 0 Å². The molecule has 2 aromatic rings. The molecule has 0 bridgehead atoms. The lowest BCUT2D eigenvalue weighted by atomic mass is 9.93. The highest BCUT2D eigenvalue weighted by Gasteiger charge is 2.38. The molecule has 1 aliphatic rings. The van der Waals surface area contributed by atoms with E-state index in [1.165, 1.54) is 0 Å². The van der Waals surface area contributed by atoms with Gasteiger partial charge in [0, 0.05) is 24.0 Å². The van der Waals surface area contributed by atoms with Crippen LogP contribution in [0, 0.1) is 0 Å². The van der Waals surface area contributed by atoms with Crippen molar-refractivity contribution in [2.75, 3.05) is 13.1 Å². The first-order valence-electron chi connectivity index (χ1n) is 5.99. The fourth-order valence-electron chi connectivity index (χ4n) is 2.32. The zero-order chi connectivity index (χ0) is 12.8. The highest BCUT2D eigenvalue weighted by atomic mass is 16.2. The standard InChI is InChI=1S/C14H15N3O/c1-14(15)8-17(9-14)13(18)12-7-6-10-4-2-3-5-11(10)16-12/h2-7H,8-9,15H2,1H3.